The van der Waals surface area contributed by atoms with E-state index in [-0.39, 0.29) is 28.0 Å². The van der Waals surface area contributed by atoms with Gasteiger partial charge in [0.25, 0.3) is 0 Å². The number of carboxylic acid groups (broad SMARTS) is 1. The monoisotopic (exact) mass is 348 g/mol. The Morgan fingerprint density at radius 1 is 1.36 bits per heavy atom. The third-order valence-electron chi connectivity index (χ3n) is 3.92. The van der Waals surface area contributed by atoms with Gasteiger partial charge in [0.05, 0.1) is 41.3 Å². The Labute approximate surface area is 142 Å². The van der Waals surface area contributed by atoms with Crippen molar-refractivity contribution in [3.63, 3.8) is 0 Å². The molecule has 1 aromatic heterocycles. The summed E-state index contributed by atoms with van der Waals surface area (Å²) in [5, 5.41) is 20.9. The van der Waals surface area contributed by atoms with E-state index in [2.05, 4.69) is 6.58 Å². The Balaban J connectivity index is 3.17. The lowest BCUT2D eigenvalue weighted by atomic mass is 10.0. The van der Waals surface area contributed by atoms with E-state index >= 15 is 0 Å². The first kappa shape index (κ1) is 18.0. The van der Waals surface area contributed by atoms with Crippen LogP contribution in [0.3, 0.4) is 0 Å². The predicted molar refractivity (Wildman–Crippen MR) is 88.9 cm³/mol. The summed E-state index contributed by atoms with van der Waals surface area (Å²) in [7, 11) is 3.87. The van der Waals surface area contributed by atoms with Gasteiger partial charge in [0.2, 0.25) is 5.75 Å². The number of benzene rings is 1. The molecule has 0 aliphatic rings. The Hall–Kier alpha value is -3.36. The molecule has 0 radical (unpaired) electrons. The molecule has 0 bridgehead atoms. The maximum absolute atomic E-state index is 12.3. The topological polar surface area (TPSA) is 121 Å². The number of carbonyl (C=O) groups is 2. The minimum Gasteiger partial charge on any atom is -0.490 e. The van der Waals surface area contributed by atoms with Crippen molar-refractivity contribution >= 4 is 34.1 Å². The van der Waals surface area contributed by atoms with E-state index in [1.54, 1.807) is 13.0 Å². The maximum Gasteiger partial charge on any atom is 0.340 e. The number of fused-ring (bicyclic) bond motifs is 1. The molecule has 0 aliphatic heterocycles. The van der Waals surface area contributed by atoms with Crippen LogP contribution in [0.4, 0.5) is 5.69 Å². The zero-order chi connectivity index (χ0) is 19.0. The van der Waals surface area contributed by atoms with Gasteiger partial charge in [0, 0.05) is 12.6 Å². The summed E-state index contributed by atoms with van der Waals surface area (Å²) in [6.45, 7) is 5.08. The lowest BCUT2D eigenvalue weighted by molar-refractivity contribution is -0.384. The third kappa shape index (κ3) is 2.59. The van der Waals surface area contributed by atoms with Gasteiger partial charge >= 0.3 is 17.6 Å². The van der Waals surface area contributed by atoms with Crippen LogP contribution in [0.25, 0.3) is 16.5 Å². The quantitative estimate of drug-likeness (QED) is 0.381. The molecule has 0 fully saturated rings. The predicted octanol–water partition coefficient (Wildman–Crippen LogP) is 2.29. The van der Waals surface area contributed by atoms with E-state index in [0.29, 0.717) is 11.1 Å². The molecule has 0 unspecified atom stereocenters. The van der Waals surface area contributed by atoms with E-state index in [9.17, 15) is 24.8 Å². The number of esters is 1. The third-order valence-corrected chi connectivity index (χ3v) is 3.92. The van der Waals surface area contributed by atoms with Gasteiger partial charge in [-0.15, -0.1) is 0 Å². The lowest BCUT2D eigenvalue weighted by Crippen LogP contribution is -2.10. The molecule has 0 amide bonds. The summed E-state index contributed by atoms with van der Waals surface area (Å²) in [6, 6.07) is 1.58. The van der Waals surface area contributed by atoms with Crippen LogP contribution in [0.15, 0.2) is 12.6 Å². The fraction of sp³-hybridized carbons (Fsp3) is 0.250. The molecular formula is C16H16N2O7. The number of methoxy groups -OCH3 is 2. The van der Waals surface area contributed by atoms with Gasteiger partial charge in [-0.1, -0.05) is 6.58 Å². The highest BCUT2D eigenvalue weighted by molar-refractivity contribution is 6.21. The Kier molecular flexibility index (Phi) is 4.51. The second kappa shape index (κ2) is 6.27. The number of aromatic nitrogens is 1. The normalized spacial score (nSPS) is 10.6. The van der Waals surface area contributed by atoms with Crippen LogP contribution in [0.5, 0.6) is 5.75 Å². The number of hydrogen-bond acceptors (Lipinski definition) is 6. The number of carboxylic acids is 1. The number of hydrogen-bond donors (Lipinski definition) is 1. The van der Waals surface area contributed by atoms with Crippen molar-refractivity contribution in [2.45, 2.75) is 6.92 Å². The summed E-state index contributed by atoms with van der Waals surface area (Å²) in [4.78, 5) is 34.7. The van der Waals surface area contributed by atoms with Crippen molar-refractivity contribution < 1.29 is 29.1 Å². The molecular weight excluding hydrogens is 332 g/mol. The van der Waals surface area contributed by atoms with Crippen molar-refractivity contribution in [2.75, 3.05) is 14.2 Å². The van der Waals surface area contributed by atoms with E-state index in [0.717, 1.165) is 7.11 Å². The number of nitrogens with zero attached hydrogens (tertiary/aromatic N) is 2. The van der Waals surface area contributed by atoms with E-state index in [1.165, 1.54) is 18.7 Å². The molecule has 2 aromatic rings. The Morgan fingerprint density at radius 2 is 1.96 bits per heavy atom. The lowest BCUT2D eigenvalue weighted by Gasteiger charge is -2.08. The van der Waals surface area contributed by atoms with Crippen molar-refractivity contribution in [2.24, 2.45) is 7.05 Å². The summed E-state index contributed by atoms with van der Waals surface area (Å²) in [5.74, 6) is -2.28. The molecule has 0 saturated carbocycles. The molecule has 1 aromatic carbocycles. The van der Waals surface area contributed by atoms with E-state index < -0.39 is 22.5 Å². The number of aryl methyl sites for hydroxylation is 2. The summed E-state index contributed by atoms with van der Waals surface area (Å²) < 4.78 is 11.2. The smallest absolute Gasteiger partial charge is 0.340 e. The summed E-state index contributed by atoms with van der Waals surface area (Å²) in [6.07, 6.45) is 0. The summed E-state index contributed by atoms with van der Waals surface area (Å²) in [5.41, 5.74) is -0.362. The fourth-order valence-corrected chi connectivity index (χ4v) is 2.87. The van der Waals surface area contributed by atoms with Gasteiger partial charge in [-0.25, -0.2) is 9.59 Å². The van der Waals surface area contributed by atoms with Gasteiger partial charge in [0.1, 0.15) is 5.56 Å². The molecule has 25 heavy (non-hydrogen) atoms. The molecule has 132 valence electrons. The average Bonchev–Trinajstić information content (AvgIpc) is 2.84. The van der Waals surface area contributed by atoms with Crippen LogP contribution in [-0.4, -0.2) is 40.8 Å². The first-order valence-corrected chi connectivity index (χ1v) is 7.02. The van der Waals surface area contributed by atoms with E-state index in [4.69, 9.17) is 9.47 Å². The van der Waals surface area contributed by atoms with Crippen molar-refractivity contribution in [1.29, 1.82) is 0 Å². The zero-order valence-electron chi connectivity index (χ0n) is 14.1. The zero-order valence-corrected chi connectivity index (χ0v) is 14.1. The van der Waals surface area contributed by atoms with Gasteiger partial charge in [-0.2, -0.15) is 0 Å². The first-order chi connectivity index (χ1) is 11.7. The van der Waals surface area contributed by atoms with Gasteiger partial charge in [0.15, 0.2) is 0 Å². The SMILES string of the molecule is C=C(C(=O)O)c1c(C(=O)OC)c2c([N+](=O)[O-])c(OC)c(C)cc2n1C. The summed E-state index contributed by atoms with van der Waals surface area (Å²) >= 11 is 0. The minimum atomic E-state index is -1.36. The molecule has 9 heteroatoms. The molecule has 9 nitrogen and oxygen atoms in total. The number of rotatable bonds is 5. The highest BCUT2D eigenvalue weighted by Gasteiger charge is 2.34. The molecule has 0 saturated heterocycles. The highest BCUT2D eigenvalue weighted by atomic mass is 16.6. The highest BCUT2D eigenvalue weighted by Crippen LogP contribution is 2.43. The van der Waals surface area contributed by atoms with Crippen LogP contribution in [-0.2, 0) is 16.6 Å². The number of aliphatic carboxylic acids is 1. The van der Waals surface area contributed by atoms with Crippen LogP contribution < -0.4 is 4.74 Å². The van der Waals surface area contributed by atoms with Crippen LogP contribution in [0.1, 0.15) is 21.6 Å². The van der Waals surface area contributed by atoms with Crippen molar-refractivity contribution in [3.8, 4) is 5.75 Å². The Morgan fingerprint density at radius 3 is 2.40 bits per heavy atom. The molecule has 0 spiro atoms. The van der Waals surface area contributed by atoms with Crippen LogP contribution >= 0.6 is 0 Å². The van der Waals surface area contributed by atoms with E-state index in [1.807, 2.05) is 0 Å². The fourth-order valence-electron chi connectivity index (χ4n) is 2.87. The molecule has 2 rings (SSSR count). The van der Waals surface area contributed by atoms with Gasteiger partial charge in [-0.05, 0) is 13.0 Å². The van der Waals surface area contributed by atoms with Crippen molar-refractivity contribution in [3.05, 3.63) is 39.6 Å². The second-order valence-electron chi connectivity index (χ2n) is 5.28. The molecule has 1 heterocycles. The minimum absolute atomic E-state index is 0.0132. The first-order valence-electron chi connectivity index (χ1n) is 7.02. The number of ether oxygens (including phenoxy) is 2. The molecule has 1 N–H and O–H groups in total. The maximum atomic E-state index is 12.3. The number of nitro benzene ring substituents is 1. The standard InChI is InChI=1S/C16H16N2O7/c1-7-6-9-10(13(18(22)23)14(7)24-4)11(16(21)25-5)12(17(9)3)8(2)15(19)20/h6H,2H2,1,3-5H3,(H,19,20). The van der Waals surface area contributed by atoms with Crippen molar-refractivity contribution in [1.82, 2.24) is 4.57 Å². The largest absolute Gasteiger partial charge is 0.490 e. The number of nitro groups is 1. The Bertz CT molecular complexity index is 940. The average molecular weight is 348 g/mol. The van der Waals surface area contributed by atoms with Gasteiger partial charge in [-0.3, -0.25) is 10.1 Å². The van der Waals surface area contributed by atoms with Gasteiger partial charge < -0.3 is 19.1 Å². The number of carbonyl (C=O) groups excluding carboxylic acids is 1. The second-order valence-corrected chi connectivity index (χ2v) is 5.28. The van der Waals surface area contributed by atoms with Crippen LogP contribution in [0.2, 0.25) is 0 Å². The molecule has 0 aliphatic carbocycles. The molecule has 0 atom stereocenters. The van der Waals surface area contributed by atoms with Crippen LogP contribution in [0, 0.1) is 17.0 Å².